The Morgan fingerprint density at radius 2 is 1.86 bits per heavy atom. The molecular formula is C30H28BrFN4O5S. The number of esters is 1. The molecule has 12 heteroatoms. The minimum Gasteiger partial charge on any atom is -0.488 e. The molecular weight excluding hydrogens is 627 g/mol. The zero-order chi connectivity index (χ0) is 30.1. The Morgan fingerprint density at radius 3 is 2.62 bits per heavy atom. The van der Waals surface area contributed by atoms with Gasteiger partial charge in [-0.2, -0.15) is 5.10 Å². The van der Waals surface area contributed by atoms with Crippen molar-refractivity contribution in [2.24, 2.45) is 5.10 Å². The molecule has 1 heterocycles. The van der Waals surface area contributed by atoms with E-state index in [1.54, 1.807) is 74.5 Å². The summed E-state index contributed by atoms with van der Waals surface area (Å²) in [6.45, 7) is 3.45. The minimum atomic E-state index is -0.632. The lowest BCUT2D eigenvalue weighted by Gasteiger charge is -2.30. The standard InChI is InChI=1S/C30H28BrFN4O5S/c1-3-39-29(38)27-18(2)34-30(42)35-28(27)21-9-5-7-11-24(21)41-17-26(37)36-33-15-19-12-13-25(22(31)14-19)40-16-20-8-4-6-10-23(20)32/h4-15,28H,3,16-17H2,1-2H3,(H,36,37)(H2,34,35,42)/t28-/m0/s1. The van der Waals surface area contributed by atoms with Crippen molar-refractivity contribution in [3.63, 3.8) is 0 Å². The summed E-state index contributed by atoms with van der Waals surface area (Å²) < 4.78 is 31.2. The summed E-state index contributed by atoms with van der Waals surface area (Å²) in [5.41, 5.74) is 5.12. The van der Waals surface area contributed by atoms with Crippen LogP contribution in [0.1, 0.15) is 36.6 Å². The molecule has 9 nitrogen and oxygen atoms in total. The lowest BCUT2D eigenvalue weighted by molar-refractivity contribution is -0.139. The first-order valence-corrected chi connectivity index (χ1v) is 14.1. The largest absolute Gasteiger partial charge is 0.488 e. The van der Waals surface area contributed by atoms with E-state index in [0.29, 0.717) is 49.0 Å². The molecule has 0 saturated heterocycles. The highest BCUT2D eigenvalue weighted by Gasteiger charge is 2.32. The number of allylic oxidation sites excluding steroid dienone is 1. The predicted octanol–water partition coefficient (Wildman–Crippen LogP) is 5.05. The van der Waals surface area contributed by atoms with Gasteiger partial charge in [-0.1, -0.05) is 36.4 Å². The maximum atomic E-state index is 13.8. The lowest BCUT2D eigenvalue weighted by Crippen LogP contribution is -2.45. The van der Waals surface area contributed by atoms with E-state index < -0.39 is 17.9 Å². The second-order valence-corrected chi connectivity index (χ2v) is 10.2. The number of ether oxygens (including phenoxy) is 3. The van der Waals surface area contributed by atoms with Crippen LogP contribution in [-0.2, 0) is 20.9 Å². The van der Waals surface area contributed by atoms with Crippen molar-refractivity contribution in [2.45, 2.75) is 26.5 Å². The molecule has 0 fully saturated rings. The molecule has 1 amide bonds. The van der Waals surface area contributed by atoms with Gasteiger partial charge >= 0.3 is 5.97 Å². The fraction of sp³-hybridized carbons (Fsp3) is 0.200. The van der Waals surface area contributed by atoms with Gasteiger partial charge in [0.1, 0.15) is 23.9 Å². The molecule has 3 aromatic rings. The van der Waals surface area contributed by atoms with Crippen LogP contribution >= 0.6 is 28.1 Å². The number of thiocarbonyl (C=S) groups is 1. The van der Waals surface area contributed by atoms with E-state index in [9.17, 15) is 14.0 Å². The SMILES string of the molecule is CCOC(=O)C1=C(C)NC(=S)N[C@H]1c1ccccc1OCC(=O)NN=Cc1ccc(OCc2ccccc2F)c(Br)c1. The third kappa shape index (κ3) is 7.92. The molecule has 218 valence electrons. The van der Waals surface area contributed by atoms with Crippen LogP contribution < -0.4 is 25.5 Å². The normalized spacial score (nSPS) is 14.7. The number of halogens is 2. The Labute approximate surface area is 256 Å². The summed E-state index contributed by atoms with van der Waals surface area (Å²) in [5.74, 6) is -0.382. The van der Waals surface area contributed by atoms with Crippen molar-refractivity contribution in [1.29, 1.82) is 0 Å². The topological polar surface area (TPSA) is 110 Å². The van der Waals surface area contributed by atoms with Gasteiger partial charge in [0.2, 0.25) is 0 Å². The van der Waals surface area contributed by atoms with Crippen molar-refractivity contribution in [2.75, 3.05) is 13.2 Å². The second kappa shape index (κ2) is 14.6. The first-order valence-electron chi connectivity index (χ1n) is 12.9. The Kier molecular flexibility index (Phi) is 10.6. The Bertz CT molecular complexity index is 1550. The number of hydrogen-bond acceptors (Lipinski definition) is 7. The summed E-state index contributed by atoms with van der Waals surface area (Å²) in [7, 11) is 0. The molecule has 0 radical (unpaired) electrons. The molecule has 0 spiro atoms. The number of carbonyl (C=O) groups excluding carboxylic acids is 2. The van der Waals surface area contributed by atoms with E-state index >= 15 is 0 Å². The van der Waals surface area contributed by atoms with Crippen molar-refractivity contribution < 1.29 is 28.2 Å². The number of hydrogen-bond donors (Lipinski definition) is 3. The Hall–Kier alpha value is -4.29. The van der Waals surface area contributed by atoms with Crippen LogP contribution in [0.25, 0.3) is 0 Å². The summed E-state index contributed by atoms with van der Waals surface area (Å²) in [4.78, 5) is 25.2. The van der Waals surface area contributed by atoms with Gasteiger partial charge in [-0.05, 0) is 77.9 Å². The number of amides is 1. The summed E-state index contributed by atoms with van der Waals surface area (Å²) >= 11 is 8.74. The van der Waals surface area contributed by atoms with E-state index in [0.717, 1.165) is 0 Å². The van der Waals surface area contributed by atoms with Gasteiger partial charge in [-0.25, -0.2) is 14.6 Å². The van der Waals surface area contributed by atoms with E-state index in [4.69, 9.17) is 26.4 Å². The van der Waals surface area contributed by atoms with Crippen LogP contribution in [0.2, 0.25) is 0 Å². The van der Waals surface area contributed by atoms with Crippen molar-refractivity contribution in [3.8, 4) is 11.5 Å². The number of hydrazone groups is 1. The smallest absolute Gasteiger partial charge is 0.338 e. The summed E-state index contributed by atoms with van der Waals surface area (Å²) in [5, 5.41) is 10.4. The average Bonchev–Trinajstić information content (AvgIpc) is 2.96. The van der Waals surface area contributed by atoms with Crippen molar-refractivity contribution in [1.82, 2.24) is 16.1 Å². The number of rotatable bonds is 11. The maximum Gasteiger partial charge on any atom is 0.338 e. The number of benzene rings is 3. The minimum absolute atomic E-state index is 0.0817. The van der Waals surface area contributed by atoms with Gasteiger partial charge in [0, 0.05) is 16.8 Å². The predicted molar refractivity (Wildman–Crippen MR) is 163 cm³/mol. The molecule has 4 rings (SSSR count). The molecule has 0 aromatic heterocycles. The fourth-order valence-electron chi connectivity index (χ4n) is 4.10. The van der Waals surface area contributed by atoms with Gasteiger partial charge in [0.25, 0.3) is 5.91 Å². The maximum absolute atomic E-state index is 13.8. The highest BCUT2D eigenvalue weighted by molar-refractivity contribution is 9.10. The van der Waals surface area contributed by atoms with Crippen LogP contribution in [0.4, 0.5) is 4.39 Å². The molecule has 1 atom stereocenters. The molecule has 1 aliphatic rings. The summed E-state index contributed by atoms with van der Waals surface area (Å²) in [6, 6.07) is 18.0. The highest BCUT2D eigenvalue weighted by Crippen LogP contribution is 2.33. The van der Waals surface area contributed by atoms with E-state index in [1.807, 2.05) is 0 Å². The zero-order valence-electron chi connectivity index (χ0n) is 22.8. The first kappa shape index (κ1) is 30.7. The highest BCUT2D eigenvalue weighted by atomic mass is 79.9. The lowest BCUT2D eigenvalue weighted by atomic mass is 9.95. The molecule has 42 heavy (non-hydrogen) atoms. The van der Waals surface area contributed by atoms with E-state index in [1.165, 1.54) is 12.3 Å². The average molecular weight is 656 g/mol. The first-order chi connectivity index (χ1) is 20.3. The van der Waals surface area contributed by atoms with Gasteiger partial charge in [0.05, 0.1) is 28.9 Å². The van der Waals surface area contributed by atoms with E-state index in [-0.39, 0.29) is 25.6 Å². The Morgan fingerprint density at radius 1 is 1.10 bits per heavy atom. The molecule has 0 bridgehead atoms. The molecule has 1 aliphatic heterocycles. The van der Waals surface area contributed by atoms with Gasteiger partial charge < -0.3 is 24.8 Å². The molecule has 0 aliphatic carbocycles. The summed E-state index contributed by atoms with van der Waals surface area (Å²) in [6.07, 6.45) is 1.47. The van der Waals surface area contributed by atoms with E-state index in [2.05, 4.69) is 37.1 Å². The molecule has 3 N–H and O–H groups in total. The van der Waals surface area contributed by atoms with Crippen molar-refractivity contribution >= 4 is 51.4 Å². The molecule has 0 unspecified atom stereocenters. The molecule has 0 saturated carbocycles. The Balaban J connectivity index is 1.35. The third-order valence-corrected chi connectivity index (χ3v) is 6.89. The van der Waals surface area contributed by atoms with Crippen LogP contribution in [-0.4, -0.2) is 36.4 Å². The quantitative estimate of drug-likeness (QED) is 0.114. The number of nitrogens with one attached hydrogen (secondary N) is 3. The van der Waals surface area contributed by atoms with Crippen LogP contribution in [0.15, 0.2) is 87.6 Å². The van der Waals surface area contributed by atoms with Crippen LogP contribution in [0.5, 0.6) is 11.5 Å². The third-order valence-electron chi connectivity index (χ3n) is 6.05. The van der Waals surface area contributed by atoms with Crippen LogP contribution in [0, 0.1) is 5.82 Å². The van der Waals surface area contributed by atoms with Crippen LogP contribution in [0.3, 0.4) is 0 Å². The zero-order valence-corrected chi connectivity index (χ0v) is 25.2. The molecule has 3 aromatic carbocycles. The second-order valence-electron chi connectivity index (χ2n) is 8.98. The monoisotopic (exact) mass is 654 g/mol. The van der Waals surface area contributed by atoms with Gasteiger partial charge in [0.15, 0.2) is 11.7 Å². The number of para-hydroxylation sites is 1. The number of nitrogens with zero attached hydrogens (tertiary/aromatic N) is 1. The fourth-order valence-corrected chi connectivity index (χ4v) is 4.88. The number of carbonyl (C=O) groups is 2. The van der Waals surface area contributed by atoms with Crippen molar-refractivity contribution in [3.05, 3.63) is 105 Å². The van der Waals surface area contributed by atoms with Gasteiger partial charge in [-0.3, -0.25) is 4.79 Å². The van der Waals surface area contributed by atoms with Gasteiger partial charge in [-0.15, -0.1) is 0 Å².